The molecule has 1 aromatic carbocycles. The second-order valence-electron chi connectivity index (χ2n) is 5.32. The van der Waals surface area contributed by atoms with Crippen molar-refractivity contribution in [2.75, 3.05) is 0 Å². The van der Waals surface area contributed by atoms with Crippen LogP contribution in [0, 0.1) is 5.82 Å². The molecule has 0 radical (unpaired) electrons. The predicted octanol–water partition coefficient (Wildman–Crippen LogP) is 2.53. The van der Waals surface area contributed by atoms with Crippen molar-refractivity contribution >= 4 is 5.91 Å². The molecule has 2 heterocycles. The lowest BCUT2D eigenvalue weighted by atomic mass is 10.1. The van der Waals surface area contributed by atoms with Crippen LogP contribution >= 0.6 is 0 Å². The highest BCUT2D eigenvalue weighted by Crippen LogP contribution is 2.11. The molecule has 3 aromatic rings. The first-order chi connectivity index (χ1) is 11.7. The molecular formula is C18H15FN4O. The third kappa shape index (κ3) is 4.19. The fourth-order valence-electron chi connectivity index (χ4n) is 2.25. The molecule has 0 saturated carbocycles. The monoisotopic (exact) mass is 322 g/mol. The maximum atomic E-state index is 12.9. The average Bonchev–Trinajstić information content (AvgIpc) is 2.63. The van der Waals surface area contributed by atoms with Gasteiger partial charge in [0.2, 0.25) is 0 Å². The van der Waals surface area contributed by atoms with Gasteiger partial charge in [-0.2, -0.15) is 10.2 Å². The summed E-state index contributed by atoms with van der Waals surface area (Å²) in [4.78, 5) is 16.3. The maximum absolute atomic E-state index is 12.9. The van der Waals surface area contributed by atoms with Gasteiger partial charge in [0, 0.05) is 25.1 Å². The first kappa shape index (κ1) is 15.7. The van der Waals surface area contributed by atoms with Crippen LogP contribution in [-0.2, 0) is 13.0 Å². The average molecular weight is 322 g/mol. The zero-order valence-corrected chi connectivity index (χ0v) is 12.8. The molecule has 3 rings (SSSR count). The molecule has 6 heteroatoms. The van der Waals surface area contributed by atoms with Crippen molar-refractivity contribution in [2.45, 2.75) is 13.0 Å². The third-order valence-corrected chi connectivity index (χ3v) is 3.48. The van der Waals surface area contributed by atoms with Gasteiger partial charge in [0.05, 0.1) is 11.8 Å². The highest BCUT2D eigenvalue weighted by molar-refractivity contribution is 5.93. The van der Waals surface area contributed by atoms with E-state index in [1.165, 1.54) is 18.3 Å². The molecule has 0 bridgehead atoms. The third-order valence-electron chi connectivity index (χ3n) is 3.48. The lowest BCUT2D eigenvalue weighted by molar-refractivity contribution is 0.0950. The number of carbonyl (C=O) groups is 1. The van der Waals surface area contributed by atoms with Gasteiger partial charge in [0.1, 0.15) is 5.82 Å². The van der Waals surface area contributed by atoms with E-state index in [0.29, 0.717) is 18.5 Å². The molecule has 0 aliphatic heterocycles. The van der Waals surface area contributed by atoms with E-state index < -0.39 is 0 Å². The Bertz CT molecular complexity index is 822. The number of carbonyl (C=O) groups excluding carboxylic acids is 1. The Morgan fingerprint density at radius 3 is 2.54 bits per heavy atom. The largest absolute Gasteiger partial charge is 0.348 e. The smallest absolute Gasteiger partial charge is 0.253 e. The maximum Gasteiger partial charge on any atom is 0.253 e. The van der Waals surface area contributed by atoms with Crippen LogP contribution in [0.15, 0.2) is 61.2 Å². The van der Waals surface area contributed by atoms with Crippen LogP contribution in [0.3, 0.4) is 0 Å². The molecule has 5 nitrogen and oxygen atoms in total. The van der Waals surface area contributed by atoms with E-state index in [0.717, 1.165) is 16.7 Å². The number of nitrogens with zero attached hydrogens (tertiary/aromatic N) is 3. The molecule has 0 spiro atoms. The summed E-state index contributed by atoms with van der Waals surface area (Å²) in [6.45, 7) is 0.372. The fraction of sp³-hybridized carbons (Fsp3) is 0.111. The number of pyridine rings is 1. The summed E-state index contributed by atoms with van der Waals surface area (Å²) in [5, 5.41) is 10.3. The van der Waals surface area contributed by atoms with Gasteiger partial charge in [-0.25, -0.2) is 4.39 Å². The Hall–Kier alpha value is -3.15. The zero-order valence-electron chi connectivity index (χ0n) is 12.8. The number of benzene rings is 1. The van der Waals surface area contributed by atoms with Crippen LogP contribution < -0.4 is 5.32 Å². The van der Waals surface area contributed by atoms with Crippen LogP contribution in [0.25, 0.3) is 0 Å². The van der Waals surface area contributed by atoms with Crippen molar-refractivity contribution in [3.8, 4) is 0 Å². The van der Waals surface area contributed by atoms with Crippen molar-refractivity contribution in [1.82, 2.24) is 20.5 Å². The highest BCUT2D eigenvalue weighted by atomic mass is 19.1. The van der Waals surface area contributed by atoms with E-state index in [1.54, 1.807) is 42.9 Å². The molecule has 0 aliphatic rings. The minimum atomic E-state index is -0.268. The van der Waals surface area contributed by atoms with E-state index >= 15 is 0 Å². The van der Waals surface area contributed by atoms with Gasteiger partial charge in [-0.15, -0.1) is 0 Å². The van der Waals surface area contributed by atoms with Gasteiger partial charge < -0.3 is 5.32 Å². The number of amides is 1. The van der Waals surface area contributed by atoms with Gasteiger partial charge >= 0.3 is 0 Å². The molecule has 2 aromatic heterocycles. The Morgan fingerprint density at radius 2 is 1.79 bits per heavy atom. The zero-order chi connectivity index (χ0) is 16.8. The fourth-order valence-corrected chi connectivity index (χ4v) is 2.25. The van der Waals surface area contributed by atoms with E-state index in [2.05, 4.69) is 20.5 Å². The van der Waals surface area contributed by atoms with Crippen molar-refractivity contribution in [2.24, 2.45) is 0 Å². The Kier molecular flexibility index (Phi) is 4.86. The quantitative estimate of drug-likeness (QED) is 0.784. The van der Waals surface area contributed by atoms with Crippen molar-refractivity contribution < 1.29 is 9.18 Å². The standard InChI is InChI=1S/C18H15FN4O/c19-17-3-1-13(2-4-17)7-15-8-16(12-20-9-15)18(24)21-10-14-5-6-22-23-11-14/h1-6,8-9,11-12H,7,10H2,(H,21,24). The predicted molar refractivity (Wildman–Crippen MR) is 86.6 cm³/mol. The summed E-state index contributed by atoms with van der Waals surface area (Å²) in [5.41, 5.74) is 3.20. The molecular weight excluding hydrogens is 307 g/mol. The molecule has 24 heavy (non-hydrogen) atoms. The molecule has 1 N–H and O–H groups in total. The van der Waals surface area contributed by atoms with Crippen LogP contribution in [0.4, 0.5) is 4.39 Å². The summed E-state index contributed by atoms with van der Waals surface area (Å²) >= 11 is 0. The summed E-state index contributed by atoms with van der Waals surface area (Å²) in [5.74, 6) is -0.476. The van der Waals surface area contributed by atoms with Crippen LogP contribution in [0.5, 0.6) is 0 Å². The number of aromatic nitrogens is 3. The summed E-state index contributed by atoms with van der Waals surface area (Å²) in [7, 11) is 0. The first-order valence-electron chi connectivity index (χ1n) is 7.43. The van der Waals surface area contributed by atoms with E-state index in [4.69, 9.17) is 0 Å². The van der Waals surface area contributed by atoms with Gasteiger partial charge in [0.15, 0.2) is 0 Å². The second kappa shape index (κ2) is 7.41. The van der Waals surface area contributed by atoms with Crippen LogP contribution in [0.1, 0.15) is 27.0 Å². The molecule has 1 amide bonds. The SMILES string of the molecule is O=C(NCc1ccnnc1)c1cncc(Cc2ccc(F)cc2)c1. The van der Waals surface area contributed by atoms with Crippen molar-refractivity contribution in [1.29, 1.82) is 0 Å². The van der Waals surface area contributed by atoms with E-state index in [9.17, 15) is 9.18 Å². The lowest BCUT2D eigenvalue weighted by Crippen LogP contribution is -2.23. The van der Waals surface area contributed by atoms with Gasteiger partial charge in [-0.05, 0) is 47.4 Å². The minimum absolute atomic E-state index is 0.208. The molecule has 0 fully saturated rings. The molecule has 0 unspecified atom stereocenters. The van der Waals surface area contributed by atoms with E-state index in [1.807, 2.05) is 0 Å². The number of hydrogen-bond acceptors (Lipinski definition) is 4. The Balaban J connectivity index is 1.65. The molecule has 0 saturated heterocycles. The van der Waals surface area contributed by atoms with Crippen molar-refractivity contribution in [3.05, 3.63) is 89.3 Å². The Labute approximate surface area is 138 Å². The molecule has 0 aliphatic carbocycles. The number of nitrogens with one attached hydrogen (secondary N) is 1. The van der Waals surface area contributed by atoms with Gasteiger partial charge in [-0.1, -0.05) is 12.1 Å². The number of halogens is 1. The Morgan fingerprint density at radius 1 is 0.958 bits per heavy atom. The number of rotatable bonds is 5. The van der Waals surface area contributed by atoms with E-state index in [-0.39, 0.29) is 11.7 Å². The summed E-state index contributed by atoms with van der Waals surface area (Å²) < 4.78 is 12.9. The van der Waals surface area contributed by atoms with Gasteiger partial charge in [-0.3, -0.25) is 9.78 Å². The summed E-state index contributed by atoms with van der Waals surface area (Å²) in [6, 6.07) is 9.86. The van der Waals surface area contributed by atoms with Crippen LogP contribution in [-0.4, -0.2) is 21.1 Å². The lowest BCUT2D eigenvalue weighted by Gasteiger charge is -2.07. The number of hydrogen-bond donors (Lipinski definition) is 1. The van der Waals surface area contributed by atoms with Crippen molar-refractivity contribution in [3.63, 3.8) is 0 Å². The molecule has 120 valence electrons. The second-order valence-corrected chi connectivity index (χ2v) is 5.32. The molecule has 0 atom stereocenters. The summed E-state index contributed by atoms with van der Waals surface area (Å²) in [6.07, 6.45) is 6.99. The first-order valence-corrected chi connectivity index (χ1v) is 7.43. The normalized spacial score (nSPS) is 10.4. The van der Waals surface area contributed by atoms with Gasteiger partial charge in [0.25, 0.3) is 5.91 Å². The van der Waals surface area contributed by atoms with Crippen LogP contribution in [0.2, 0.25) is 0 Å². The minimum Gasteiger partial charge on any atom is -0.348 e. The topological polar surface area (TPSA) is 67.8 Å². The highest BCUT2D eigenvalue weighted by Gasteiger charge is 2.07.